The molecule has 0 heterocycles. The Morgan fingerprint density at radius 1 is 0.750 bits per heavy atom. The lowest BCUT2D eigenvalue weighted by Gasteiger charge is -2.46. The van der Waals surface area contributed by atoms with Gasteiger partial charge in [-0.3, -0.25) is 4.79 Å². The van der Waals surface area contributed by atoms with Gasteiger partial charge in [0.25, 0.3) is 0 Å². The molecule has 0 aliphatic carbocycles. The van der Waals surface area contributed by atoms with Crippen molar-refractivity contribution in [1.29, 1.82) is 0 Å². The Morgan fingerprint density at radius 3 is 1.46 bits per heavy atom. The second kappa shape index (κ2) is 13.7. The van der Waals surface area contributed by atoms with Gasteiger partial charge in [-0.15, -0.1) is 0 Å². The number of carbonyl (C=O) groups is 1. The van der Waals surface area contributed by atoms with E-state index >= 15 is 0 Å². The lowest BCUT2D eigenvalue weighted by Crippen LogP contribution is -2.45. The number of hydrogen-bond acceptors (Lipinski definition) is 3. The largest absolute Gasteiger partial charge is 0.465 e. The third kappa shape index (κ3) is 7.55. The molecule has 24 heavy (non-hydrogen) atoms. The summed E-state index contributed by atoms with van der Waals surface area (Å²) >= 11 is 0. The minimum atomic E-state index is -0.389. The predicted molar refractivity (Wildman–Crippen MR) is 106 cm³/mol. The molecule has 0 amide bonds. The molecule has 0 aromatic heterocycles. The molecule has 3 heteroatoms. The molecule has 3 N–H and O–H groups in total. The van der Waals surface area contributed by atoms with Crippen LogP contribution >= 0.6 is 0 Å². The van der Waals surface area contributed by atoms with Gasteiger partial charge in [-0.05, 0) is 44.9 Å². The van der Waals surface area contributed by atoms with Gasteiger partial charge in [0.15, 0.2) is 0 Å². The van der Waals surface area contributed by atoms with Gasteiger partial charge in [-0.1, -0.05) is 72.6 Å². The molecule has 0 saturated carbocycles. The van der Waals surface area contributed by atoms with Crippen molar-refractivity contribution in [3.05, 3.63) is 0 Å². The van der Waals surface area contributed by atoms with Gasteiger partial charge in [-0.25, -0.2) is 0 Å². The SMILES string of the molecule is CCCCOC(=O)C(C)(C)C(CCCC)(CCCC)CCCC.N. The zero-order valence-corrected chi connectivity index (χ0v) is 17.5. The van der Waals surface area contributed by atoms with E-state index in [0.29, 0.717) is 6.61 Å². The van der Waals surface area contributed by atoms with Crippen LogP contribution in [0.25, 0.3) is 0 Å². The Morgan fingerprint density at radius 2 is 1.12 bits per heavy atom. The maximum atomic E-state index is 12.9. The maximum absolute atomic E-state index is 12.9. The van der Waals surface area contributed by atoms with Gasteiger partial charge in [-0.2, -0.15) is 0 Å². The van der Waals surface area contributed by atoms with E-state index in [9.17, 15) is 4.79 Å². The average molecular weight is 344 g/mol. The van der Waals surface area contributed by atoms with Crippen LogP contribution in [0, 0.1) is 10.8 Å². The van der Waals surface area contributed by atoms with Crippen molar-refractivity contribution < 1.29 is 9.53 Å². The normalized spacial score (nSPS) is 11.9. The van der Waals surface area contributed by atoms with Crippen molar-refractivity contribution in [1.82, 2.24) is 6.15 Å². The maximum Gasteiger partial charge on any atom is 0.312 e. The fourth-order valence-electron chi connectivity index (χ4n) is 3.56. The van der Waals surface area contributed by atoms with Crippen LogP contribution in [0.15, 0.2) is 0 Å². The van der Waals surface area contributed by atoms with Crippen molar-refractivity contribution in [2.24, 2.45) is 10.8 Å². The molecule has 0 rings (SSSR count). The van der Waals surface area contributed by atoms with Crippen LogP contribution in [0.3, 0.4) is 0 Å². The summed E-state index contributed by atoms with van der Waals surface area (Å²) in [5.41, 5.74) is -0.293. The van der Waals surface area contributed by atoms with E-state index in [0.717, 1.165) is 32.1 Å². The highest BCUT2D eigenvalue weighted by Crippen LogP contribution is 2.51. The molecule has 3 nitrogen and oxygen atoms in total. The predicted octanol–water partition coefficient (Wildman–Crippen LogP) is 7.07. The van der Waals surface area contributed by atoms with Gasteiger partial charge >= 0.3 is 5.97 Å². The summed E-state index contributed by atoms with van der Waals surface area (Å²) in [5.74, 6) is 0.0225. The van der Waals surface area contributed by atoms with Crippen LogP contribution in [-0.4, -0.2) is 12.6 Å². The van der Waals surface area contributed by atoms with Crippen LogP contribution in [0.5, 0.6) is 0 Å². The van der Waals surface area contributed by atoms with Gasteiger partial charge in [0.1, 0.15) is 0 Å². The van der Waals surface area contributed by atoms with E-state index in [1.807, 2.05) is 0 Å². The molecule has 146 valence electrons. The lowest BCUT2D eigenvalue weighted by atomic mass is 9.58. The third-order valence-corrected chi connectivity index (χ3v) is 5.59. The lowest BCUT2D eigenvalue weighted by molar-refractivity contribution is -0.164. The van der Waals surface area contributed by atoms with Crippen LogP contribution in [0.1, 0.15) is 112 Å². The summed E-state index contributed by atoms with van der Waals surface area (Å²) < 4.78 is 5.65. The van der Waals surface area contributed by atoms with E-state index < -0.39 is 0 Å². The third-order valence-electron chi connectivity index (χ3n) is 5.59. The monoisotopic (exact) mass is 343 g/mol. The smallest absolute Gasteiger partial charge is 0.312 e. The Balaban J connectivity index is 0. The first-order valence-electron chi connectivity index (χ1n) is 10.1. The number of esters is 1. The molecule has 0 atom stereocenters. The molecule has 0 aliphatic rings. The average Bonchev–Trinajstić information content (AvgIpc) is 2.54. The Hall–Kier alpha value is -0.570. The highest BCUT2D eigenvalue weighted by molar-refractivity contribution is 5.77. The van der Waals surface area contributed by atoms with Crippen LogP contribution in [0.2, 0.25) is 0 Å². The van der Waals surface area contributed by atoms with Gasteiger partial charge < -0.3 is 10.9 Å². The first-order chi connectivity index (χ1) is 10.9. The number of ether oxygens (including phenoxy) is 1. The second-order valence-corrected chi connectivity index (χ2v) is 7.71. The summed E-state index contributed by atoms with van der Waals surface area (Å²) in [7, 11) is 0. The van der Waals surface area contributed by atoms with Gasteiger partial charge in [0, 0.05) is 0 Å². The zero-order chi connectivity index (χ0) is 17.8. The molecule has 0 aromatic carbocycles. The summed E-state index contributed by atoms with van der Waals surface area (Å²) in [6.07, 6.45) is 12.7. The van der Waals surface area contributed by atoms with Crippen molar-refractivity contribution in [2.45, 2.75) is 112 Å². The van der Waals surface area contributed by atoms with E-state index in [1.54, 1.807) is 0 Å². The minimum Gasteiger partial charge on any atom is -0.465 e. The van der Waals surface area contributed by atoms with Crippen molar-refractivity contribution >= 4 is 5.97 Å². The van der Waals surface area contributed by atoms with Crippen molar-refractivity contribution in [3.8, 4) is 0 Å². The summed E-state index contributed by atoms with van der Waals surface area (Å²) in [6.45, 7) is 13.7. The van der Waals surface area contributed by atoms with Gasteiger partial charge in [0.05, 0.1) is 12.0 Å². The van der Waals surface area contributed by atoms with E-state index in [1.165, 1.54) is 38.5 Å². The van der Waals surface area contributed by atoms with E-state index in [4.69, 9.17) is 4.74 Å². The Bertz CT molecular complexity index is 291. The fourth-order valence-corrected chi connectivity index (χ4v) is 3.56. The molecule has 0 bridgehead atoms. The quantitative estimate of drug-likeness (QED) is 0.271. The van der Waals surface area contributed by atoms with Crippen molar-refractivity contribution in [3.63, 3.8) is 0 Å². The Labute approximate surface area is 151 Å². The molecule has 0 spiro atoms. The van der Waals surface area contributed by atoms with Crippen LogP contribution in [0.4, 0.5) is 0 Å². The molecule has 0 radical (unpaired) electrons. The first-order valence-corrected chi connectivity index (χ1v) is 10.1. The van der Waals surface area contributed by atoms with Crippen molar-refractivity contribution in [2.75, 3.05) is 6.61 Å². The molecule has 0 saturated heterocycles. The molecular weight excluding hydrogens is 298 g/mol. The Kier molecular flexibility index (Phi) is 14.6. The zero-order valence-electron chi connectivity index (χ0n) is 17.5. The number of carbonyl (C=O) groups excluding carboxylic acids is 1. The van der Waals surface area contributed by atoms with Gasteiger partial charge in [0.2, 0.25) is 0 Å². The topological polar surface area (TPSA) is 61.3 Å². The van der Waals surface area contributed by atoms with E-state index in [-0.39, 0.29) is 22.9 Å². The highest BCUT2D eigenvalue weighted by Gasteiger charge is 2.49. The second-order valence-electron chi connectivity index (χ2n) is 7.71. The molecule has 0 fully saturated rings. The molecule has 0 aromatic rings. The molecule has 0 unspecified atom stereocenters. The van der Waals surface area contributed by atoms with Crippen LogP contribution in [-0.2, 0) is 9.53 Å². The number of unbranched alkanes of at least 4 members (excludes halogenated alkanes) is 4. The molecular formula is C21H45NO2. The minimum absolute atomic E-state index is 0. The number of hydrogen-bond donors (Lipinski definition) is 1. The van der Waals surface area contributed by atoms with E-state index in [2.05, 4.69) is 41.5 Å². The van der Waals surface area contributed by atoms with Crippen LogP contribution < -0.4 is 6.15 Å². The summed E-state index contributed by atoms with van der Waals surface area (Å²) in [6, 6.07) is 0. The fraction of sp³-hybridized carbons (Fsp3) is 0.952. The summed E-state index contributed by atoms with van der Waals surface area (Å²) in [4.78, 5) is 12.9. The molecule has 0 aliphatic heterocycles. The highest BCUT2D eigenvalue weighted by atomic mass is 16.5. The first kappa shape index (κ1) is 25.7. The number of rotatable bonds is 14. The standard InChI is InChI=1S/C21H42O2.H3N/c1-7-11-15-21(16-12-8-2,17-13-9-3)20(5,6)19(22)23-18-14-10-4;/h7-18H2,1-6H3;1H3. The summed E-state index contributed by atoms with van der Waals surface area (Å²) in [5, 5.41) is 0.